The predicted molar refractivity (Wildman–Crippen MR) is 75.4 cm³/mol. The van der Waals surface area contributed by atoms with Gasteiger partial charge in [0.25, 0.3) is 0 Å². The molecule has 2 atom stereocenters. The third-order valence-corrected chi connectivity index (χ3v) is 4.22. The average molecular weight is 308 g/mol. The number of aliphatic hydroxyl groups excluding tert-OH is 1. The number of hydrogen-bond acceptors (Lipinski definition) is 3. The van der Waals surface area contributed by atoms with Crippen molar-refractivity contribution in [3.8, 4) is 6.07 Å². The maximum Gasteiger partial charge on any atom is 0.240 e. The largest absolute Gasteiger partial charge is 0.386 e. The van der Waals surface area contributed by atoms with Crippen LogP contribution >= 0.6 is 0 Å². The number of rotatable bonds is 4. The number of halogens is 2. The van der Waals surface area contributed by atoms with Crippen molar-refractivity contribution in [1.82, 2.24) is 5.32 Å². The zero-order valence-electron chi connectivity index (χ0n) is 12.3. The molecule has 1 amide bonds. The summed E-state index contributed by atoms with van der Waals surface area (Å²) in [6, 6.07) is 4.45. The third-order valence-electron chi connectivity index (χ3n) is 4.22. The van der Waals surface area contributed by atoms with Crippen molar-refractivity contribution in [2.75, 3.05) is 0 Å². The predicted octanol–water partition coefficient (Wildman–Crippen LogP) is 2.59. The summed E-state index contributed by atoms with van der Waals surface area (Å²) < 4.78 is 26.1. The molecule has 1 aliphatic rings. The number of carbonyl (C=O) groups excluding carboxylic acids is 1. The maximum atomic E-state index is 13.2. The summed E-state index contributed by atoms with van der Waals surface area (Å²) in [5.41, 5.74) is -0.869. The van der Waals surface area contributed by atoms with Crippen LogP contribution in [0, 0.1) is 28.4 Å². The highest BCUT2D eigenvalue weighted by Gasteiger charge is 2.42. The van der Waals surface area contributed by atoms with Crippen LogP contribution in [0.2, 0.25) is 0 Å². The molecule has 1 saturated carbocycles. The van der Waals surface area contributed by atoms with E-state index in [0.29, 0.717) is 12.8 Å². The van der Waals surface area contributed by atoms with Gasteiger partial charge in [-0.3, -0.25) is 4.79 Å². The lowest BCUT2D eigenvalue weighted by Gasteiger charge is -2.26. The third kappa shape index (κ3) is 3.09. The molecule has 2 unspecified atom stereocenters. The highest BCUT2D eigenvalue weighted by Crippen LogP contribution is 2.38. The van der Waals surface area contributed by atoms with E-state index in [0.717, 1.165) is 25.0 Å². The topological polar surface area (TPSA) is 73.1 Å². The van der Waals surface area contributed by atoms with E-state index in [4.69, 9.17) is 0 Å². The minimum atomic E-state index is -1.18. The van der Waals surface area contributed by atoms with Crippen molar-refractivity contribution in [1.29, 1.82) is 5.26 Å². The molecular weight excluding hydrogens is 290 g/mol. The smallest absolute Gasteiger partial charge is 0.240 e. The molecule has 0 spiro atoms. The molecule has 1 aromatic carbocycles. The number of nitriles is 1. The quantitative estimate of drug-likeness (QED) is 0.898. The molecule has 2 rings (SSSR count). The molecule has 6 heteroatoms. The van der Waals surface area contributed by atoms with Crippen LogP contribution in [-0.2, 0) is 4.79 Å². The molecule has 2 N–H and O–H groups in total. The van der Waals surface area contributed by atoms with Gasteiger partial charge in [0.15, 0.2) is 11.6 Å². The van der Waals surface area contributed by atoms with Gasteiger partial charge in [-0.1, -0.05) is 18.9 Å². The highest BCUT2D eigenvalue weighted by atomic mass is 19.2. The molecule has 0 aromatic heterocycles. The number of benzene rings is 1. The zero-order valence-corrected chi connectivity index (χ0v) is 12.3. The summed E-state index contributed by atoms with van der Waals surface area (Å²) in [7, 11) is 0. The van der Waals surface area contributed by atoms with Gasteiger partial charge in [-0.2, -0.15) is 5.26 Å². The second kappa shape index (κ2) is 6.41. The van der Waals surface area contributed by atoms with E-state index < -0.39 is 35.1 Å². The van der Waals surface area contributed by atoms with Crippen LogP contribution in [0.1, 0.15) is 44.3 Å². The van der Waals surface area contributed by atoms with E-state index in [-0.39, 0.29) is 5.56 Å². The lowest BCUT2D eigenvalue weighted by molar-refractivity contribution is -0.129. The van der Waals surface area contributed by atoms with Gasteiger partial charge in [0.05, 0.1) is 18.2 Å². The van der Waals surface area contributed by atoms with E-state index in [1.54, 1.807) is 6.92 Å². The van der Waals surface area contributed by atoms with E-state index >= 15 is 0 Å². The van der Waals surface area contributed by atoms with Gasteiger partial charge < -0.3 is 10.4 Å². The molecule has 4 nitrogen and oxygen atoms in total. The summed E-state index contributed by atoms with van der Waals surface area (Å²) in [4.78, 5) is 12.3. The first kappa shape index (κ1) is 16.4. The fourth-order valence-electron chi connectivity index (χ4n) is 2.78. The van der Waals surface area contributed by atoms with Gasteiger partial charge >= 0.3 is 0 Å². The Bertz CT molecular complexity index is 607. The van der Waals surface area contributed by atoms with E-state index in [9.17, 15) is 23.9 Å². The summed E-state index contributed by atoms with van der Waals surface area (Å²) in [5, 5.41) is 22.0. The molecule has 0 radical (unpaired) electrons. The summed E-state index contributed by atoms with van der Waals surface area (Å²) >= 11 is 0. The second-order valence-electron chi connectivity index (χ2n) is 5.78. The monoisotopic (exact) mass is 308 g/mol. The molecule has 0 bridgehead atoms. The van der Waals surface area contributed by atoms with Crippen molar-refractivity contribution >= 4 is 5.91 Å². The molecule has 1 fully saturated rings. The van der Waals surface area contributed by atoms with Crippen molar-refractivity contribution in [3.05, 3.63) is 35.4 Å². The molecule has 1 aliphatic carbocycles. The SMILES string of the molecule is CC(NC(=O)C1(C#N)CCCC1)C(O)c1ccc(F)c(F)c1. The summed E-state index contributed by atoms with van der Waals surface area (Å²) in [6.45, 7) is 1.56. The van der Waals surface area contributed by atoms with Gasteiger partial charge in [0.1, 0.15) is 5.41 Å². The van der Waals surface area contributed by atoms with Gasteiger partial charge in [0, 0.05) is 0 Å². The van der Waals surface area contributed by atoms with Crippen LogP contribution in [0.15, 0.2) is 18.2 Å². The summed E-state index contributed by atoms with van der Waals surface area (Å²) in [5.74, 6) is -2.47. The minimum Gasteiger partial charge on any atom is -0.386 e. The number of amides is 1. The van der Waals surface area contributed by atoms with Crippen LogP contribution < -0.4 is 5.32 Å². The lowest BCUT2D eigenvalue weighted by Crippen LogP contribution is -2.45. The minimum absolute atomic E-state index is 0.170. The van der Waals surface area contributed by atoms with Crippen molar-refractivity contribution in [2.45, 2.75) is 44.8 Å². The van der Waals surface area contributed by atoms with Crippen LogP contribution in [0.4, 0.5) is 8.78 Å². The van der Waals surface area contributed by atoms with E-state index in [1.807, 2.05) is 0 Å². The first-order valence-electron chi connectivity index (χ1n) is 7.25. The number of hydrogen-bond donors (Lipinski definition) is 2. The van der Waals surface area contributed by atoms with Crippen molar-refractivity contribution < 1.29 is 18.7 Å². The van der Waals surface area contributed by atoms with Crippen LogP contribution in [0.5, 0.6) is 0 Å². The van der Waals surface area contributed by atoms with E-state index in [2.05, 4.69) is 11.4 Å². The molecule has 0 heterocycles. The molecule has 0 saturated heterocycles. The first-order chi connectivity index (χ1) is 10.4. The Morgan fingerprint density at radius 3 is 2.55 bits per heavy atom. The van der Waals surface area contributed by atoms with Crippen molar-refractivity contribution in [3.63, 3.8) is 0 Å². The zero-order chi connectivity index (χ0) is 16.3. The number of nitrogens with one attached hydrogen (secondary N) is 1. The molecule has 118 valence electrons. The molecular formula is C16H18F2N2O2. The Labute approximate surface area is 127 Å². The Kier molecular flexibility index (Phi) is 4.77. The summed E-state index contributed by atoms with van der Waals surface area (Å²) in [6.07, 6.45) is 1.46. The van der Waals surface area contributed by atoms with Crippen LogP contribution in [0.3, 0.4) is 0 Å². The number of nitrogens with zero attached hydrogens (tertiary/aromatic N) is 1. The fraction of sp³-hybridized carbons (Fsp3) is 0.500. The maximum absolute atomic E-state index is 13.2. The molecule has 0 aliphatic heterocycles. The van der Waals surface area contributed by atoms with E-state index in [1.165, 1.54) is 6.07 Å². The Morgan fingerprint density at radius 2 is 2.00 bits per heavy atom. The highest BCUT2D eigenvalue weighted by molar-refractivity contribution is 5.86. The molecule has 1 aromatic rings. The van der Waals surface area contributed by atoms with Gasteiger partial charge in [0.2, 0.25) is 5.91 Å². The Balaban J connectivity index is 2.08. The second-order valence-corrected chi connectivity index (χ2v) is 5.78. The van der Waals surface area contributed by atoms with Gasteiger partial charge in [-0.15, -0.1) is 0 Å². The normalized spacial score (nSPS) is 19.2. The fourth-order valence-corrected chi connectivity index (χ4v) is 2.78. The van der Waals surface area contributed by atoms with Crippen LogP contribution in [-0.4, -0.2) is 17.1 Å². The number of aliphatic hydroxyl groups is 1. The Morgan fingerprint density at radius 1 is 1.36 bits per heavy atom. The van der Waals surface area contributed by atoms with Crippen molar-refractivity contribution in [2.24, 2.45) is 5.41 Å². The molecule has 22 heavy (non-hydrogen) atoms. The average Bonchev–Trinajstić information content (AvgIpc) is 2.99. The Hall–Kier alpha value is -2.00. The standard InChI is InChI=1S/C16H18F2N2O2/c1-10(14(21)11-4-5-12(17)13(18)8-11)20-15(22)16(9-19)6-2-3-7-16/h4-5,8,10,14,21H,2-3,6-7H2,1H3,(H,20,22). The lowest BCUT2D eigenvalue weighted by atomic mass is 9.86. The van der Waals surface area contributed by atoms with Gasteiger partial charge in [-0.05, 0) is 37.5 Å². The van der Waals surface area contributed by atoms with Gasteiger partial charge in [-0.25, -0.2) is 8.78 Å². The number of carbonyl (C=O) groups is 1. The van der Waals surface area contributed by atoms with Crippen LogP contribution in [0.25, 0.3) is 0 Å². The first-order valence-corrected chi connectivity index (χ1v) is 7.25.